The molecule has 0 bridgehead atoms. The second-order valence-electron chi connectivity index (χ2n) is 6.76. The lowest BCUT2D eigenvalue weighted by Crippen LogP contribution is -2.31. The molecule has 0 radical (unpaired) electrons. The van der Waals surface area contributed by atoms with E-state index in [1.54, 1.807) is 12.3 Å². The van der Waals surface area contributed by atoms with Gasteiger partial charge in [0, 0.05) is 6.54 Å². The highest BCUT2D eigenvalue weighted by Gasteiger charge is 2.12. The van der Waals surface area contributed by atoms with Gasteiger partial charge in [0.2, 0.25) is 0 Å². The molecule has 2 aromatic carbocycles. The average molecular weight is 536 g/mol. The molecule has 0 fully saturated rings. The summed E-state index contributed by atoms with van der Waals surface area (Å²) in [5, 5.41) is 7.49. The summed E-state index contributed by atoms with van der Waals surface area (Å²) in [7, 11) is 0. The molecular weight excluding hydrogens is 506 g/mol. The average Bonchev–Trinajstić information content (AvgIpc) is 2.78. The zero-order valence-corrected chi connectivity index (χ0v) is 21.3. The molecule has 0 saturated carbocycles. The van der Waals surface area contributed by atoms with Crippen LogP contribution in [-0.4, -0.2) is 50.9 Å². The van der Waals surface area contributed by atoms with Crippen LogP contribution in [0.25, 0.3) is 0 Å². The molecule has 0 unspecified atom stereocenters. The Balaban J connectivity index is 1.80. The summed E-state index contributed by atoms with van der Waals surface area (Å²) in [6.45, 7) is 10.4. The Labute approximate surface area is 209 Å². The van der Waals surface area contributed by atoms with Crippen molar-refractivity contribution in [1.29, 1.82) is 0 Å². The van der Waals surface area contributed by atoms with E-state index in [2.05, 4.69) is 38.4 Å². The van der Waals surface area contributed by atoms with E-state index in [9.17, 15) is 0 Å². The maximum Gasteiger partial charge on any atom is 0.187 e. The molecule has 0 spiro atoms. The highest BCUT2D eigenvalue weighted by atomic mass is 79.9. The van der Waals surface area contributed by atoms with Gasteiger partial charge >= 0.3 is 0 Å². The van der Waals surface area contributed by atoms with Gasteiger partial charge in [-0.2, -0.15) is 5.10 Å². The highest BCUT2D eigenvalue weighted by molar-refractivity contribution is 9.10. The monoisotopic (exact) mass is 535 g/mol. The quantitative estimate of drug-likeness (QED) is 0.120. The minimum absolute atomic E-state index is 0.376. The standard InChI is InChI=1S/C24H30BrN3O4S/c1-4-9-26-24(33)28-27-17-19-15-21(25)23(22(16-19)30-5-2)32-13-11-29-10-12-31-20-8-6-7-18(3)14-20/h4,6-8,14-17H,1,5,9-13H2,2-3H3,(H2,26,28,33)/b27-17-. The van der Waals surface area contributed by atoms with Crippen LogP contribution < -0.4 is 25.0 Å². The molecule has 0 aliphatic carbocycles. The Hall–Kier alpha value is -2.62. The van der Waals surface area contributed by atoms with Crippen molar-refractivity contribution in [1.82, 2.24) is 10.7 Å². The third kappa shape index (κ3) is 10.2. The fourth-order valence-corrected chi connectivity index (χ4v) is 3.37. The maximum atomic E-state index is 5.91. The van der Waals surface area contributed by atoms with E-state index in [-0.39, 0.29) is 0 Å². The molecule has 2 aromatic rings. The molecule has 0 heterocycles. The van der Waals surface area contributed by atoms with E-state index in [0.29, 0.717) is 56.2 Å². The third-order valence-electron chi connectivity index (χ3n) is 4.08. The van der Waals surface area contributed by atoms with Gasteiger partial charge in [-0.15, -0.1) is 6.58 Å². The highest BCUT2D eigenvalue weighted by Crippen LogP contribution is 2.36. The molecule has 0 saturated heterocycles. The van der Waals surface area contributed by atoms with Crippen molar-refractivity contribution in [3.8, 4) is 17.2 Å². The van der Waals surface area contributed by atoms with Crippen LogP contribution in [-0.2, 0) is 4.74 Å². The summed E-state index contributed by atoms with van der Waals surface area (Å²) in [6.07, 6.45) is 3.36. The molecule has 0 atom stereocenters. The number of hydrogen-bond donors (Lipinski definition) is 2. The first kappa shape index (κ1) is 26.6. The molecule has 0 aliphatic rings. The largest absolute Gasteiger partial charge is 0.491 e. The predicted octanol–water partition coefficient (Wildman–Crippen LogP) is 4.61. The lowest BCUT2D eigenvalue weighted by Gasteiger charge is -2.15. The number of nitrogens with zero attached hydrogens (tertiary/aromatic N) is 1. The normalized spacial score (nSPS) is 10.6. The van der Waals surface area contributed by atoms with E-state index in [1.165, 1.54) is 0 Å². The minimum Gasteiger partial charge on any atom is -0.491 e. The van der Waals surface area contributed by atoms with Crippen LogP contribution in [0.3, 0.4) is 0 Å². The van der Waals surface area contributed by atoms with Crippen molar-refractivity contribution in [3.05, 3.63) is 64.7 Å². The molecule has 2 rings (SSSR count). The van der Waals surface area contributed by atoms with Gasteiger partial charge in [-0.05, 0) is 77.4 Å². The first-order valence-corrected chi connectivity index (χ1v) is 11.8. The zero-order chi connectivity index (χ0) is 23.9. The summed E-state index contributed by atoms with van der Waals surface area (Å²) in [5.74, 6) is 2.07. The Morgan fingerprint density at radius 3 is 2.64 bits per heavy atom. The van der Waals surface area contributed by atoms with Crippen molar-refractivity contribution >= 4 is 39.5 Å². The molecule has 7 nitrogen and oxygen atoms in total. The van der Waals surface area contributed by atoms with Crippen molar-refractivity contribution in [2.24, 2.45) is 5.10 Å². The summed E-state index contributed by atoms with van der Waals surface area (Å²) in [5.41, 5.74) is 4.73. The first-order valence-electron chi connectivity index (χ1n) is 10.6. The van der Waals surface area contributed by atoms with Gasteiger partial charge in [0.25, 0.3) is 0 Å². The predicted molar refractivity (Wildman–Crippen MR) is 140 cm³/mol. The van der Waals surface area contributed by atoms with Gasteiger partial charge in [-0.25, -0.2) is 0 Å². The number of thiocarbonyl (C=S) groups is 1. The number of benzene rings is 2. The van der Waals surface area contributed by atoms with Crippen LogP contribution in [0.2, 0.25) is 0 Å². The van der Waals surface area contributed by atoms with E-state index in [0.717, 1.165) is 21.3 Å². The van der Waals surface area contributed by atoms with Crippen LogP contribution in [0.1, 0.15) is 18.1 Å². The van der Waals surface area contributed by atoms with Crippen molar-refractivity contribution in [2.75, 3.05) is 39.6 Å². The molecule has 178 valence electrons. The Kier molecular flexibility index (Phi) is 12.3. The van der Waals surface area contributed by atoms with Crippen LogP contribution >= 0.6 is 28.1 Å². The van der Waals surface area contributed by atoms with Crippen LogP contribution in [0.5, 0.6) is 17.2 Å². The molecule has 33 heavy (non-hydrogen) atoms. The van der Waals surface area contributed by atoms with E-state index >= 15 is 0 Å². The van der Waals surface area contributed by atoms with E-state index < -0.39 is 0 Å². The summed E-state index contributed by atoms with van der Waals surface area (Å²) in [6, 6.07) is 11.7. The summed E-state index contributed by atoms with van der Waals surface area (Å²) >= 11 is 8.66. The van der Waals surface area contributed by atoms with Gasteiger partial charge < -0.3 is 24.3 Å². The van der Waals surface area contributed by atoms with E-state index in [1.807, 2.05) is 50.2 Å². The van der Waals surface area contributed by atoms with Gasteiger partial charge in [0.1, 0.15) is 19.0 Å². The Morgan fingerprint density at radius 1 is 1.12 bits per heavy atom. The van der Waals surface area contributed by atoms with Crippen LogP contribution in [0.15, 0.2) is 58.6 Å². The Morgan fingerprint density at radius 2 is 1.91 bits per heavy atom. The van der Waals surface area contributed by atoms with Crippen molar-refractivity contribution in [3.63, 3.8) is 0 Å². The van der Waals surface area contributed by atoms with Crippen LogP contribution in [0.4, 0.5) is 0 Å². The summed E-state index contributed by atoms with van der Waals surface area (Å²) < 4.78 is 23.7. The third-order valence-corrected chi connectivity index (χ3v) is 4.90. The van der Waals surface area contributed by atoms with Crippen LogP contribution in [0, 0.1) is 6.92 Å². The number of halogens is 1. The first-order chi connectivity index (χ1) is 16.0. The number of aryl methyl sites for hydroxylation is 1. The second kappa shape index (κ2) is 15.3. The van der Waals surface area contributed by atoms with Gasteiger partial charge in [-0.1, -0.05) is 18.2 Å². The Bertz CT molecular complexity index is 940. The van der Waals surface area contributed by atoms with E-state index in [4.69, 9.17) is 31.2 Å². The molecule has 9 heteroatoms. The maximum absolute atomic E-state index is 5.91. The zero-order valence-electron chi connectivity index (χ0n) is 18.9. The smallest absolute Gasteiger partial charge is 0.187 e. The minimum atomic E-state index is 0.376. The second-order valence-corrected chi connectivity index (χ2v) is 8.02. The lowest BCUT2D eigenvalue weighted by molar-refractivity contribution is 0.0753. The molecular formula is C24H30BrN3O4S. The van der Waals surface area contributed by atoms with Crippen molar-refractivity contribution < 1.29 is 18.9 Å². The number of nitrogens with one attached hydrogen (secondary N) is 2. The number of ether oxygens (including phenoxy) is 4. The number of hydrazone groups is 1. The molecule has 0 aliphatic heterocycles. The fourth-order valence-electron chi connectivity index (χ4n) is 2.66. The van der Waals surface area contributed by atoms with Gasteiger partial charge in [0.05, 0.1) is 30.5 Å². The number of hydrogen-bond acceptors (Lipinski definition) is 6. The lowest BCUT2D eigenvalue weighted by atomic mass is 10.2. The topological polar surface area (TPSA) is 73.3 Å². The van der Waals surface area contributed by atoms with Gasteiger partial charge in [-0.3, -0.25) is 5.43 Å². The molecule has 2 N–H and O–H groups in total. The SMILES string of the molecule is C=CCNC(=S)N/N=C\c1cc(Br)c(OCCOCCOc2cccc(C)c2)c(OCC)c1. The fraction of sp³-hybridized carbons (Fsp3) is 0.333. The number of rotatable bonds is 14. The summed E-state index contributed by atoms with van der Waals surface area (Å²) in [4.78, 5) is 0. The van der Waals surface area contributed by atoms with Gasteiger partial charge in [0.15, 0.2) is 16.6 Å². The molecule has 0 amide bonds. The van der Waals surface area contributed by atoms with Crippen molar-refractivity contribution in [2.45, 2.75) is 13.8 Å². The molecule has 0 aromatic heterocycles.